The van der Waals surface area contributed by atoms with E-state index in [-0.39, 0.29) is 18.3 Å². The van der Waals surface area contributed by atoms with Crippen molar-refractivity contribution in [2.45, 2.75) is 24.5 Å². The van der Waals surface area contributed by atoms with Gasteiger partial charge in [-0.05, 0) is 12.1 Å². The summed E-state index contributed by atoms with van der Waals surface area (Å²) in [7, 11) is 0. The third kappa shape index (κ3) is 3.04. The third-order valence-electron chi connectivity index (χ3n) is 4.47. The number of aliphatic hydroxyl groups excluding tert-OH is 2. The van der Waals surface area contributed by atoms with Gasteiger partial charge in [-0.2, -0.15) is 0 Å². The molecule has 5 N–H and O–H groups in total. The van der Waals surface area contributed by atoms with Gasteiger partial charge in [0.25, 0.3) is 5.91 Å². The maximum atomic E-state index is 12.4. The van der Waals surface area contributed by atoms with Gasteiger partial charge in [0.1, 0.15) is 24.6 Å². The van der Waals surface area contributed by atoms with E-state index in [2.05, 4.69) is 20.3 Å². The highest BCUT2D eigenvalue weighted by molar-refractivity contribution is 6.06. The van der Waals surface area contributed by atoms with E-state index in [0.717, 1.165) is 0 Å². The molecule has 4 unspecified atom stereocenters. The number of imidazole rings is 1. The number of benzene rings is 1. The van der Waals surface area contributed by atoms with Crippen LogP contribution in [0.3, 0.4) is 0 Å². The van der Waals surface area contributed by atoms with Gasteiger partial charge in [-0.3, -0.25) is 9.36 Å². The summed E-state index contributed by atoms with van der Waals surface area (Å²) in [5, 5.41) is 23.0. The third-order valence-corrected chi connectivity index (χ3v) is 4.47. The van der Waals surface area contributed by atoms with E-state index in [1.807, 2.05) is 6.07 Å². The van der Waals surface area contributed by atoms with Crippen LogP contribution in [-0.4, -0.2) is 60.5 Å². The van der Waals surface area contributed by atoms with Crippen LogP contribution in [0.4, 0.5) is 5.82 Å². The lowest BCUT2D eigenvalue weighted by atomic mass is 10.1. The number of ether oxygens (including phenoxy) is 1. The molecule has 3 heterocycles. The van der Waals surface area contributed by atoms with Gasteiger partial charge >= 0.3 is 0 Å². The molecule has 0 spiro atoms. The lowest BCUT2D eigenvalue weighted by molar-refractivity contribution is -0.0322. The number of rotatable bonds is 4. The number of hydrogen-bond acceptors (Lipinski definition) is 8. The number of nitrogens with zero attached hydrogens (tertiary/aromatic N) is 4. The van der Waals surface area contributed by atoms with Crippen molar-refractivity contribution >= 4 is 22.9 Å². The van der Waals surface area contributed by atoms with Crippen LogP contribution in [0.15, 0.2) is 43.0 Å². The lowest BCUT2D eigenvalue weighted by Crippen LogP contribution is -2.35. The molecule has 10 heteroatoms. The van der Waals surface area contributed by atoms with Crippen LogP contribution in [0.5, 0.6) is 0 Å². The lowest BCUT2D eigenvalue weighted by Gasteiger charge is -2.16. The summed E-state index contributed by atoms with van der Waals surface area (Å²) in [6, 6.07) is 8.71. The minimum absolute atomic E-state index is 0.0642. The largest absolute Gasteiger partial charge is 0.387 e. The molecule has 0 saturated carbocycles. The Morgan fingerprint density at radius 1 is 1.19 bits per heavy atom. The molecule has 1 amide bonds. The number of amides is 1. The Morgan fingerprint density at radius 3 is 2.67 bits per heavy atom. The summed E-state index contributed by atoms with van der Waals surface area (Å²) in [6.45, 7) is 0.0642. The molecule has 0 aliphatic carbocycles. The first-order valence-corrected chi connectivity index (χ1v) is 8.35. The van der Waals surface area contributed by atoms with Gasteiger partial charge in [0.05, 0.1) is 6.33 Å². The minimum atomic E-state index is -1.19. The molecular weight excluding hydrogens is 352 g/mol. The first-order chi connectivity index (χ1) is 13.1. The number of aromatic nitrogens is 4. The Kier molecular flexibility index (Phi) is 4.54. The van der Waals surface area contributed by atoms with Gasteiger partial charge in [0.2, 0.25) is 0 Å². The zero-order valence-corrected chi connectivity index (χ0v) is 14.1. The van der Waals surface area contributed by atoms with E-state index in [1.165, 1.54) is 17.2 Å². The smallest absolute Gasteiger partial charge is 0.256 e. The molecule has 3 aromatic rings. The van der Waals surface area contributed by atoms with Crippen LogP contribution in [0.2, 0.25) is 0 Å². The summed E-state index contributed by atoms with van der Waals surface area (Å²) in [5.41, 5.74) is 6.72. The Morgan fingerprint density at radius 2 is 1.96 bits per heavy atom. The molecule has 1 aromatic carbocycles. The Balaban J connectivity index is 1.65. The molecule has 1 aliphatic rings. The van der Waals surface area contributed by atoms with Crippen LogP contribution in [0, 0.1) is 0 Å². The number of hydrogen-bond donors (Lipinski definition) is 4. The van der Waals surface area contributed by atoms with Crippen LogP contribution < -0.4 is 11.1 Å². The highest BCUT2D eigenvalue weighted by Gasteiger charge is 2.43. The molecule has 1 fully saturated rings. The Bertz CT molecular complexity index is 962. The number of fused-ring (bicyclic) bond motifs is 1. The first-order valence-electron chi connectivity index (χ1n) is 8.35. The summed E-state index contributed by atoms with van der Waals surface area (Å²) < 4.78 is 7.11. The molecule has 2 aromatic heterocycles. The molecule has 140 valence electrons. The number of aliphatic hydroxyl groups is 2. The van der Waals surface area contributed by atoms with Gasteiger partial charge in [-0.15, -0.1) is 0 Å². The summed E-state index contributed by atoms with van der Waals surface area (Å²) in [4.78, 5) is 24.9. The van der Waals surface area contributed by atoms with Crippen LogP contribution >= 0.6 is 0 Å². The maximum absolute atomic E-state index is 12.4. The van der Waals surface area contributed by atoms with E-state index in [4.69, 9.17) is 10.5 Å². The highest BCUT2D eigenvalue weighted by Crippen LogP contribution is 2.31. The van der Waals surface area contributed by atoms with Crippen molar-refractivity contribution in [3.8, 4) is 0 Å². The average Bonchev–Trinajstić information content (AvgIpc) is 3.25. The second kappa shape index (κ2) is 7.00. The van der Waals surface area contributed by atoms with E-state index in [1.54, 1.807) is 24.3 Å². The number of carbonyl (C=O) groups is 1. The summed E-state index contributed by atoms with van der Waals surface area (Å²) in [5.74, 6) is -0.100. The Labute approximate surface area is 153 Å². The summed E-state index contributed by atoms with van der Waals surface area (Å²) >= 11 is 0. The second-order valence-electron chi connectivity index (χ2n) is 6.15. The van der Waals surface area contributed by atoms with Crippen molar-refractivity contribution < 1.29 is 19.7 Å². The maximum Gasteiger partial charge on any atom is 0.256 e. The van der Waals surface area contributed by atoms with Crippen LogP contribution in [0.25, 0.3) is 11.2 Å². The average molecular weight is 370 g/mol. The fraction of sp³-hybridized carbons (Fsp3) is 0.294. The minimum Gasteiger partial charge on any atom is -0.387 e. The first kappa shape index (κ1) is 17.5. The summed E-state index contributed by atoms with van der Waals surface area (Å²) in [6.07, 6.45) is -1.20. The van der Waals surface area contributed by atoms with Gasteiger partial charge in [-0.25, -0.2) is 15.0 Å². The second-order valence-corrected chi connectivity index (χ2v) is 6.15. The normalized spacial score (nSPS) is 25.0. The van der Waals surface area contributed by atoms with E-state index < -0.39 is 24.5 Å². The monoisotopic (exact) mass is 370 g/mol. The molecular formula is C17H18N6O4. The van der Waals surface area contributed by atoms with Gasteiger partial charge in [0.15, 0.2) is 23.2 Å². The molecule has 1 aliphatic heterocycles. The predicted octanol–water partition coefficient (Wildman–Crippen LogP) is -0.344. The zero-order chi connectivity index (χ0) is 19.0. The molecule has 10 nitrogen and oxygen atoms in total. The SMILES string of the molecule is NCC1OC(n2cnc3c(NC(=O)c4ccccc4)ncnc32)C(O)C1O. The van der Waals surface area contributed by atoms with Gasteiger partial charge < -0.3 is 26.0 Å². The standard InChI is InChI=1S/C17H18N6O4/c18-6-10-12(24)13(25)17(27-10)23-8-21-11-14(19-7-20-15(11)23)22-16(26)9-4-2-1-3-5-9/h1-5,7-8,10,12-13,17,24-25H,6,18H2,(H,19,20,22,26). The molecule has 4 rings (SSSR count). The van der Waals surface area contributed by atoms with Crippen LogP contribution in [-0.2, 0) is 4.74 Å². The molecule has 27 heavy (non-hydrogen) atoms. The van der Waals surface area contributed by atoms with Crippen molar-refractivity contribution in [1.29, 1.82) is 0 Å². The van der Waals surface area contributed by atoms with Crippen molar-refractivity contribution in [2.75, 3.05) is 11.9 Å². The van der Waals surface area contributed by atoms with Gasteiger partial charge in [0, 0.05) is 12.1 Å². The van der Waals surface area contributed by atoms with Crippen molar-refractivity contribution in [2.24, 2.45) is 5.73 Å². The zero-order valence-electron chi connectivity index (χ0n) is 14.1. The molecule has 1 saturated heterocycles. The Hall–Kier alpha value is -2.92. The quantitative estimate of drug-likeness (QED) is 0.487. The molecule has 0 bridgehead atoms. The van der Waals surface area contributed by atoms with E-state index >= 15 is 0 Å². The number of anilines is 1. The van der Waals surface area contributed by atoms with Crippen molar-refractivity contribution in [3.63, 3.8) is 0 Å². The number of nitrogens with one attached hydrogen (secondary N) is 1. The topological polar surface area (TPSA) is 148 Å². The van der Waals surface area contributed by atoms with Crippen molar-refractivity contribution in [1.82, 2.24) is 19.5 Å². The number of carbonyl (C=O) groups excluding carboxylic acids is 1. The van der Waals surface area contributed by atoms with E-state index in [9.17, 15) is 15.0 Å². The molecule has 0 radical (unpaired) electrons. The van der Waals surface area contributed by atoms with Crippen molar-refractivity contribution in [3.05, 3.63) is 48.5 Å². The highest BCUT2D eigenvalue weighted by atomic mass is 16.6. The van der Waals surface area contributed by atoms with E-state index in [0.29, 0.717) is 16.7 Å². The number of nitrogens with two attached hydrogens (primary N) is 1. The fourth-order valence-electron chi connectivity index (χ4n) is 3.05. The fourth-order valence-corrected chi connectivity index (χ4v) is 3.05. The van der Waals surface area contributed by atoms with Gasteiger partial charge in [-0.1, -0.05) is 18.2 Å². The predicted molar refractivity (Wildman–Crippen MR) is 94.7 cm³/mol. The molecule has 4 atom stereocenters. The van der Waals surface area contributed by atoms with Crippen LogP contribution in [0.1, 0.15) is 16.6 Å².